The van der Waals surface area contributed by atoms with Crippen LogP contribution in [0.4, 0.5) is 17.1 Å². The first-order valence-electron chi connectivity index (χ1n) is 14.1. The van der Waals surface area contributed by atoms with Crippen LogP contribution < -0.4 is 30.2 Å². The zero-order chi connectivity index (χ0) is 33.9. The number of nitro groups is 1. The number of methoxy groups -OCH3 is 3. The molecule has 0 unspecified atom stereocenters. The Kier molecular flexibility index (Phi) is 11.6. The Morgan fingerprint density at radius 2 is 1.49 bits per heavy atom. The van der Waals surface area contributed by atoms with Gasteiger partial charge in [-0.3, -0.25) is 24.5 Å². The van der Waals surface area contributed by atoms with Crippen molar-refractivity contribution < 1.29 is 33.5 Å². The maximum absolute atomic E-state index is 13.5. The van der Waals surface area contributed by atoms with Crippen LogP contribution in [-0.2, 0) is 9.59 Å². The molecule has 0 heterocycles. The normalized spacial score (nSPS) is 10.9. The number of nitrogens with one attached hydrogen (secondary N) is 3. The standard InChI is InChI=1S/C34H32N4O8S/c1-21-10-13-25(38(42)43)18-27(21)36-32(39)20-47-26-14-11-24(12-15-26)35-34(41)28(37-33(40)22-8-6-5-7-9-22)16-23-17-30(45-3)31(46-4)19-29(23)44-2/h5-19H,20H2,1-4H3,(H,35,41)(H,36,39)(H,37,40)/b28-16-. The van der Waals surface area contributed by atoms with Gasteiger partial charge in [0, 0.05) is 39.9 Å². The van der Waals surface area contributed by atoms with Gasteiger partial charge < -0.3 is 30.2 Å². The molecule has 0 aliphatic carbocycles. The van der Waals surface area contributed by atoms with E-state index in [0.717, 1.165) is 4.90 Å². The summed E-state index contributed by atoms with van der Waals surface area (Å²) in [6.45, 7) is 1.75. The molecule has 0 aliphatic heterocycles. The van der Waals surface area contributed by atoms with Crippen molar-refractivity contribution in [3.8, 4) is 17.2 Å². The third kappa shape index (κ3) is 9.11. The third-order valence-corrected chi connectivity index (χ3v) is 7.76. The molecule has 0 bridgehead atoms. The molecule has 12 nitrogen and oxygen atoms in total. The third-order valence-electron chi connectivity index (χ3n) is 6.75. The molecule has 4 aromatic rings. The van der Waals surface area contributed by atoms with Crippen LogP contribution in [0.2, 0.25) is 0 Å². The molecular weight excluding hydrogens is 624 g/mol. The molecule has 0 fully saturated rings. The monoisotopic (exact) mass is 656 g/mol. The van der Waals surface area contributed by atoms with Gasteiger partial charge in [-0.25, -0.2) is 0 Å². The Morgan fingerprint density at radius 3 is 2.13 bits per heavy atom. The van der Waals surface area contributed by atoms with Crippen molar-refractivity contribution in [2.24, 2.45) is 0 Å². The molecule has 4 rings (SSSR count). The quantitative estimate of drug-likeness (QED) is 0.0672. The van der Waals surface area contributed by atoms with E-state index in [1.807, 2.05) is 0 Å². The van der Waals surface area contributed by atoms with E-state index in [1.54, 1.807) is 79.7 Å². The average molecular weight is 657 g/mol. The molecular formula is C34H32N4O8S. The number of non-ortho nitro benzene ring substituents is 1. The predicted molar refractivity (Wildman–Crippen MR) is 180 cm³/mol. The number of nitro benzene ring substituents is 1. The van der Waals surface area contributed by atoms with Gasteiger partial charge in [-0.05, 0) is 61.0 Å². The second kappa shape index (κ2) is 16.0. The van der Waals surface area contributed by atoms with Crippen LogP contribution in [0, 0.1) is 17.0 Å². The van der Waals surface area contributed by atoms with Crippen LogP contribution >= 0.6 is 11.8 Å². The summed E-state index contributed by atoms with van der Waals surface area (Å²) >= 11 is 1.25. The number of hydrogen-bond acceptors (Lipinski definition) is 9. The maximum atomic E-state index is 13.5. The number of aryl methyl sites for hydroxylation is 1. The average Bonchev–Trinajstić information content (AvgIpc) is 3.08. The van der Waals surface area contributed by atoms with E-state index in [0.29, 0.717) is 45.3 Å². The van der Waals surface area contributed by atoms with Gasteiger partial charge in [0.05, 0.1) is 37.7 Å². The number of rotatable bonds is 13. The zero-order valence-electron chi connectivity index (χ0n) is 26.0. The summed E-state index contributed by atoms with van der Waals surface area (Å²) < 4.78 is 16.3. The minimum Gasteiger partial charge on any atom is -0.496 e. The highest BCUT2D eigenvalue weighted by atomic mass is 32.2. The van der Waals surface area contributed by atoms with Gasteiger partial charge in [-0.1, -0.05) is 24.3 Å². The van der Waals surface area contributed by atoms with Gasteiger partial charge in [-0.2, -0.15) is 0 Å². The zero-order valence-corrected chi connectivity index (χ0v) is 26.8. The summed E-state index contributed by atoms with van der Waals surface area (Å²) in [4.78, 5) is 50.4. The van der Waals surface area contributed by atoms with Crippen molar-refractivity contribution in [3.05, 3.63) is 117 Å². The molecule has 4 aromatic carbocycles. The molecule has 3 N–H and O–H groups in total. The van der Waals surface area contributed by atoms with Gasteiger partial charge in [0.1, 0.15) is 11.4 Å². The smallest absolute Gasteiger partial charge is 0.272 e. The number of nitrogens with zero attached hydrogens (tertiary/aromatic N) is 1. The van der Waals surface area contributed by atoms with Crippen molar-refractivity contribution in [3.63, 3.8) is 0 Å². The molecule has 0 aromatic heterocycles. The largest absolute Gasteiger partial charge is 0.496 e. The molecule has 13 heteroatoms. The first-order valence-corrected chi connectivity index (χ1v) is 15.1. The maximum Gasteiger partial charge on any atom is 0.272 e. The number of carbonyl (C=O) groups excluding carboxylic acids is 3. The predicted octanol–water partition coefficient (Wildman–Crippen LogP) is 6.07. The Hall–Kier alpha value is -5.82. The Labute approximate surface area is 275 Å². The van der Waals surface area contributed by atoms with Gasteiger partial charge in [-0.15, -0.1) is 11.8 Å². The van der Waals surface area contributed by atoms with Crippen molar-refractivity contribution in [1.29, 1.82) is 0 Å². The van der Waals surface area contributed by atoms with Crippen LogP contribution in [0.5, 0.6) is 17.2 Å². The molecule has 0 saturated carbocycles. The summed E-state index contributed by atoms with van der Waals surface area (Å²) in [7, 11) is 4.44. The summed E-state index contributed by atoms with van der Waals surface area (Å²) in [5, 5.41) is 19.3. The number of thioether (sulfide) groups is 1. The number of benzene rings is 4. The number of ether oxygens (including phenoxy) is 3. The fraction of sp³-hybridized carbons (Fsp3) is 0.147. The lowest BCUT2D eigenvalue weighted by atomic mass is 10.1. The van der Waals surface area contributed by atoms with Crippen molar-refractivity contribution in [1.82, 2.24) is 5.32 Å². The van der Waals surface area contributed by atoms with Crippen LogP contribution in [0.3, 0.4) is 0 Å². The minimum absolute atomic E-state index is 0.0550. The molecule has 0 saturated heterocycles. The highest BCUT2D eigenvalue weighted by molar-refractivity contribution is 8.00. The van der Waals surface area contributed by atoms with Gasteiger partial charge in [0.25, 0.3) is 17.5 Å². The highest BCUT2D eigenvalue weighted by Gasteiger charge is 2.18. The Bertz CT molecular complexity index is 1810. The van der Waals surface area contributed by atoms with E-state index in [1.165, 1.54) is 51.3 Å². The van der Waals surface area contributed by atoms with Gasteiger partial charge in [0.2, 0.25) is 5.91 Å². The summed E-state index contributed by atoms with van der Waals surface area (Å²) in [5.41, 5.74) is 2.15. The van der Waals surface area contributed by atoms with E-state index >= 15 is 0 Å². The van der Waals surface area contributed by atoms with Gasteiger partial charge in [0.15, 0.2) is 11.5 Å². The molecule has 3 amide bonds. The number of anilines is 2. The fourth-order valence-corrected chi connectivity index (χ4v) is 4.99. The molecule has 47 heavy (non-hydrogen) atoms. The van der Waals surface area contributed by atoms with Crippen LogP contribution in [0.1, 0.15) is 21.5 Å². The lowest BCUT2D eigenvalue weighted by Crippen LogP contribution is -2.30. The molecule has 0 radical (unpaired) electrons. The SMILES string of the molecule is COc1cc(OC)c(OC)cc1/C=C(\NC(=O)c1ccccc1)C(=O)Nc1ccc(SCC(=O)Nc2cc([N+](=O)[O-])ccc2C)cc1. The number of carbonyl (C=O) groups is 3. The second-order valence-corrected chi connectivity index (χ2v) is 10.9. The van der Waals surface area contributed by atoms with E-state index in [4.69, 9.17) is 14.2 Å². The first-order chi connectivity index (χ1) is 22.6. The van der Waals surface area contributed by atoms with Crippen LogP contribution in [-0.4, -0.2) is 49.7 Å². The molecule has 0 aliphatic rings. The minimum atomic E-state index is -0.599. The lowest BCUT2D eigenvalue weighted by Gasteiger charge is -2.15. The van der Waals surface area contributed by atoms with Crippen LogP contribution in [0.15, 0.2) is 95.5 Å². The Morgan fingerprint density at radius 1 is 0.830 bits per heavy atom. The summed E-state index contributed by atoms with van der Waals surface area (Å²) in [5.74, 6) is -0.154. The first kappa shape index (κ1) is 34.1. The topological polar surface area (TPSA) is 158 Å². The van der Waals surface area contributed by atoms with Crippen molar-refractivity contribution >= 4 is 52.6 Å². The molecule has 0 spiro atoms. The highest BCUT2D eigenvalue weighted by Crippen LogP contribution is 2.35. The summed E-state index contributed by atoms with van der Waals surface area (Å²) in [6.07, 6.45) is 1.48. The van der Waals surface area contributed by atoms with E-state index in [-0.39, 0.29) is 23.0 Å². The van der Waals surface area contributed by atoms with Crippen molar-refractivity contribution in [2.75, 3.05) is 37.7 Å². The van der Waals surface area contributed by atoms with Crippen LogP contribution in [0.25, 0.3) is 6.08 Å². The molecule has 242 valence electrons. The second-order valence-electron chi connectivity index (χ2n) is 9.90. The fourth-order valence-electron chi connectivity index (χ4n) is 4.29. The Balaban J connectivity index is 1.49. The lowest BCUT2D eigenvalue weighted by molar-refractivity contribution is -0.384. The molecule has 0 atom stereocenters. The van der Waals surface area contributed by atoms with Crippen molar-refractivity contribution in [2.45, 2.75) is 11.8 Å². The number of hydrogen-bond donors (Lipinski definition) is 3. The van der Waals surface area contributed by atoms with E-state index in [2.05, 4.69) is 16.0 Å². The summed E-state index contributed by atoms with van der Waals surface area (Å²) in [6, 6.07) is 22.8. The van der Waals surface area contributed by atoms with E-state index in [9.17, 15) is 24.5 Å². The van der Waals surface area contributed by atoms with E-state index < -0.39 is 16.7 Å². The number of amides is 3. The van der Waals surface area contributed by atoms with Gasteiger partial charge >= 0.3 is 0 Å².